The first-order chi connectivity index (χ1) is 16.4. The Bertz CT molecular complexity index is 1430. The zero-order valence-electron chi connectivity index (χ0n) is 17.8. The summed E-state index contributed by atoms with van der Waals surface area (Å²) < 4.78 is 1.61. The lowest BCUT2D eigenvalue weighted by atomic mass is 9.95. The number of phenolic OH excluding ortho intramolecular Hbond substituents is 1. The third-order valence-corrected chi connectivity index (χ3v) is 5.94. The van der Waals surface area contributed by atoms with Crippen LogP contribution in [-0.2, 0) is 4.79 Å². The highest BCUT2D eigenvalue weighted by atomic mass is 35.5. The van der Waals surface area contributed by atoms with E-state index in [0.717, 1.165) is 0 Å². The van der Waals surface area contributed by atoms with Gasteiger partial charge in [0.1, 0.15) is 11.8 Å². The van der Waals surface area contributed by atoms with Crippen LogP contribution in [0.5, 0.6) is 5.75 Å². The van der Waals surface area contributed by atoms with Gasteiger partial charge in [-0.15, -0.1) is 5.10 Å². The SMILES string of the molecule is CC1=C(C(=O)Nc2cccnc2)C(c2ccc(Cl)cc2Cl)n2nc(-c3cccc(O)c3)nc2N1. The molecule has 0 spiro atoms. The highest BCUT2D eigenvalue weighted by molar-refractivity contribution is 6.35. The maximum absolute atomic E-state index is 13.5. The molecular formula is C24H18Cl2N6O2. The van der Waals surface area contributed by atoms with Gasteiger partial charge in [-0.2, -0.15) is 4.98 Å². The van der Waals surface area contributed by atoms with E-state index in [-0.39, 0.29) is 11.7 Å². The number of aromatic nitrogens is 4. The molecule has 34 heavy (non-hydrogen) atoms. The number of carbonyl (C=O) groups excluding carboxylic acids is 1. The molecule has 170 valence electrons. The molecule has 2 aromatic carbocycles. The minimum atomic E-state index is -0.684. The summed E-state index contributed by atoms with van der Waals surface area (Å²) in [7, 11) is 0. The molecule has 1 aliphatic heterocycles. The fraction of sp³-hybridized carbons (Fsp3) is 0.0833. The molecule has 0 fully saturated rings. The number of pyridine rings is 1. The standard InChI is InChI=1S/C24H18Cl2N6O2/c1-13-20(23(34)29-16-5-3-9-27-12-16)21(18-8-7-15(25)11-19(18)26)32-24(28-13)30-22(31-32)14-4-2-6-17(33)10-14/h2-12,21,33H,1H3,(H,29,34)(H,28,30,31). The largest absolute Gasteiger partial charge is 0.508 e. The molecule has 1 aliphatic rings. The summed E-state index contributed by atoms with van der Waals surface area (Å²) in [6, 6.07) is 14.6. The highest BCUT2D eigenvalue weighted by Crippen LogP contribution is 2.40. The van der Waals surface area contributed by atoms with E-state index in [2.05, 4.69) is 25.7 Å². The van der Waals surface area contributed by atoms with Crippen LogP contribution >= 0.6 is 23.2 Å². The molecular weight excluding hydrogens is 475 g/mol. The molecule has 4 aromatic rings. The number of hydrogen-bond donors (Lipinski definition) is 3. The monoisotopic (exact) mass is 492 g/mol. The Morgan fingerprint density at radius 2 is 2.00 bits per heavy atom. The summed E-state index contributed by atoms with van der Waals surface area (Å²) in [6.45, 7) is 1.79. The third kappa shape index (κ3) is 4.09. The van der Waals surface area contributed by atoms with Crippen molar-refractivity contribution in [3.8, 4) is 17.1 Å². The first kappa shape index (κ1) is 21.9. The van der Waals surface area contributed by atoms with E-state index < -0.39 is 6.04 Å². The number of hydrogen-bond acceptors (Lipinski definition) is 6. The number of nitrogens with one attached hydrogen (secondary N) is 2. The number of carbonyl (C=O) groups is 1. The van der Waals surface area contributed by atoms with Crippen molar-refractivity contribution in [1.82, 2.24) is 19.7 Å². The number of amides is 1. The number of benzene rings is 2. The molecule has 0 aliphatic carbocycles. The second-order valence-electron chi connectivity index (χ2n) is 7.68. The van der Waals surface area contributed by atoms with Crippen LogP contribution in [0, 0.1) is 0 Å². The predicted octanol–water partition coefficient (Wildman–Crippen LogP) is 5.28. The summed E-state index contributed by atoms with van der Waals surface area (Å²) in [5, 5.41) is 21.5. The van der Waals surface area contributed by atoms with Crippen LogP contribution in [0.1, 0.15) is 18.5 Å². The fourth-order valence-corrected chi connectivity index (χ4v) is 4.37. The van der Waals surface area contributed by atoms with Crippen molar-refractivity contribution < 1.29 is 9.90 Å². The molecule has 1 atom stereocenters. The molecule has 1 amide bonds. The van der Waals surface area contributed by atoms with Gasteiger partial charge in [0.05, 0.1) is 17.5 Å². The van der Waals surface area contributed by atoms with Crippen molar-refractivity contribution in [2.75, 3.05) is 10.6 Å². The average Bonchev–Trinajstić information content (AvgIpc) is 3.23. The maximum atomic E-state index is 13.5. The van der Waals surface area contributed by atoms with Crippen LogP contribution in [-0.4, -0.2) is 30.8 Å². The molecule has 0 bridgehead atoms. The first-order valence-corrected chi connectivity index (χ1v) is 11.1. The zero-order valence-corrected chi connectivity index (χ0v) is 19.3. The van der Waals surface area contributed by atoms with Gasteiger partial charge in [-0.3, -0.25) is 9.78 Å². The van der Waals surface area contributed by atoms with E-state index in [9.17, 15) is 9.90 Å². The summed E-state index contributed by atoms with van der Waals surface area (Å²) in [6.07, 6.45) is 3.19. The van der Waals surface area contributed by atoms with Gasteiger partial charge in [0.15, 0.2) is 5.82 Å². The number of nitrogens with zero attached hydrogens (tertiary/aromatic N) is 4. The Kier molecular flexibility index (Phi) is 5.69. The van der Waals surface area contributed by atoms with Crippen LogP contribution in [0.25, 0.3) is 11.4 Å². The van der Waals surface area contributed by atoms with Gasteiger partial charge in [0.25, 0.3) is 5.91 Å². The minimum Gasteiger partial charge on any atom is -0.508 e. The lowest BCUT2D eigenvalue weighted by molar-refractivity contribution is -0.113. The predicted molar refractivity (Wildman–Crippen MR) is 131 cm³/mol. The van der Waals surface area contributed by atoms with Crippen LogP contribution in [0.3, 0.4) is 0 Å². The number of halogens is 2. The number of rotatable bonds is 4. The van der Waals surface area contributed by atoms with Crippen molar-refractivity contribution in [2.45, 2.75) is 13.0 Å². The number of fused-ring (bicyclic) bond motifs is 1. The van der Waals surface area contributed by atoms with E-state index in [1.807, 2.05) is 0 Å². The van der Waals surface area contributed by atoms with Gasteiger partial charge >= 0.3 is 0 Å². The lowest BCUT2D eigenvalue weighted by Gasteiger charge is -2.29. The molecule has 5 rings (SSSR count). The third-order valence-electron chi connectivity index (χ3n) is 5.38. The Hall–Kier alpha value is -3.88. The second kappa shape index (κ2) is 8.81. The molecule has 0 saturated heterocycles. The van der Waals surface area contributed by atoms with Gasteiger partial charge in [0, 0.05) is 33.1 Å². The molecule has 3 N–H and O–H groups in total. The molecule has 0 radical (unpaired) electrons. The highest BCUT2D eigenvalue weighted by Gasteiger charge is 2.35. The molecule has 0 saturated carbocycles. The quantitative estimate of drug-likeness (QED) is 0.357. The number of aromatic hydroxyl groups is 1. The summed E-state index contributed by atoms with van der Waals surface area (Å²) >= 11 is 12.7. The van der Waals surface area contributed by atoms with Crippen molar-refractivity contribution in [3.63, 3.8) is 0 Å². The van der Waals surface area contributed by atoms with Crippen molar-refractivity contribution >= 4 is 40.7 Å². The molecule has 2 aromatic heterocycles. The summed E-state index contributed by atoms with van der Waals surface area (Å²) in [5.41, 5.74) is 2.83. The lowest BCUT2D eigenvalue weighted by Crippen LogP contribution is -2.31. The fourth-order valence-electron chi connectivity index (χ4n) is 3.86. The Labute approximate surface area is 204 Å². The molecule has 8 nitrogen and oxygen atoms in total. The summed E-state index contributed by atoms with van der Waals surface area (Å²) in [5.74, 6) is 0.579. The second-order valence-corrected chi connectivity index (χ2v) is 8.53. The minimum absolute atomic E-state index is 0.0985. The van der Waals surface area contributed by atoms with E-state index in [1.165, 1.54) is 0 Å². The van der Waals surface area contributed by atoms with Crippen LogP contribution < -0.4 is 10.6 Å². The van der Waals surface area contributed by atoms with Crippen molar-refractivity contribution in [3.05, 3.63) is 93.9 Å². The van der Waals surface area contributed by atoms with Gasteiger partial charge in [-0.05, 0) is 43.3 Å². The topological polar surface area (TPSA) is 105 Å². The summed E-state index contributed by atoms with van der Waals surface area (Å²) in [4.78, 5) is 22.1. The average molecular weight is 493 g/mol. The van der Waals surface area contributed by atoms with Gasteiger partial charge in [-0.25, -0.2) is 4.68 Å². The smallest absolute Gasteiger partial charge is 0.255 e. The zero-order chi connectivity index (χ0) is 23.8. The van der Waals surface area contributed by atoms with Crippen molar-refractivity contribution in [2.24, 2.45) is 0 Å². The maximum Gasteiger partial charge on any atom is 0.255 e. The Balaban J connectivity index is 1.64. The Morgan fingerprint density at radius 3 is 2.74 bits per heavy atom. The number of anilines is 2. The van der Waals surface area contributed by atoms with Gasteiger partial charge in [0.2, 0.25) is 5.95 Å². The number of phenols is 1. The van der Waals surface area contributed by atoms with Gasteiger partial charge in [-0.1, -0.05) is 41.4 Å². The first-order valence-electron chi connectivity index (χ1n) is 10.3. The molecule has 1 unspecified atom stereocenters. The van der Waals surface area contributed by atoms with Gasteiger partial charge < -0.3 is 15.7 Å². The van der Waals surface area contributed by atoms with E-state index in [0.29, 0.717) is 49.9 Å². The normalized spacial score (nSPS) is 15.0. The Morgan fingerprint density at radius 1 is 1.15 bits per heavy atom. The van der Waals surface area contributed by atoms with E-state index in [1.54, 1.807) is 78.6 Å². The van der Waals surface area contributed by atoms with Crippen LogP contribution in [0.4, 0.5) is 11.6 Å². The number of allylic oxidation sites excluding steroid dienone is 1. The van der Waals surface area contributed by atoms with E-state index in [4.69, 9.17) is 23.2 Å². The van der Waals surface area contributed by atoms with Crippen molar-refractivity contribution in [1.29, 1.82) is 0 Å². The molecule has 3 heterocycles. The van der Waals surface area contributed by atoms with E-state index >= 15 is 0 Å². The van der Waals surface area contributed by atoms with Crippen LogP contribution in [0.15, 0.2) is 78.3 Å². The molecule has 10 heteroatoms. The van der Waals surface area contributed by atoms with Crippen LogP contribution in [0.2, 0.25) is 10.0 Å².